The lowest BCUT2D eigenvalue weighted by Gasteiger charge is -2.20. The minimum Gasteiger partial charge on any atom is -0.494 e. The molecule has 0 spiro atoms. The standard InChI is InChI=1S/C16H20N2O3/c1-20-14-4-2-3-12-5-6-13(18-15(12)14)9-17-10-16(19)7-8-21-11-16/h2-6,17,19H,7-11H2,1H3. The maximum Gasteiger partial charge on any atom is 0.145 e. The Morgan fingerprint density at radius 2 is 2.29 bits per heavy atom. The quantitative estimate of drug-likeness (QED) is 0.872. The molecule has 1 fully saturated rings. The van der Waals surface area contributed by atoms with Crippen LogP contribution in [-0.4, -0.2) is 42.6 Å². The number of methoxy groups -OCH3 is 1. The van der Waals surface area contributed by atoms with E-state index in [0.29, 0.717) is 32.7 Å². The number of hydrogen-bond donors (Lipinski definition) is 2. The van der Waals surface area contributed by atoms with Gasteiger partial charge in [0.05, 0.1) is 19.4 Å². The lowest BCUT2D eigenvalue weighted by Crippen LogP contribution is -2.40. The van der Waals surface area contributed by atoms with E-state index < -0.39 is 5.60 Å². The average Bonchev–Trinajstić information content (AvgIpc) is 2.93. The monoisotopic (exact) mass is 288 g/mol. The number of rotatable bonds is 5. The van der Waals surface area contributed by atoms with Crippen LogP contribution in [-0.2, 0) is 11.3 Å². The van der Waals surface area contributed by atoms with Crippen LogP contribution in [0.15, 0.2) is 30.3 Å². The third kappa shape index (κ3) is 3.15. The van der Waals surface area contributed by atoms with E-state index in [4.69, 9.17) is 9.47 Å². The zero-order valence-corrected chi connectivity index (χ0v) is 12.1. The van der Waals surface area contributed by atoms with Gasteiger partial charge in [-0.2, -0.15) is 0 Å². The first-order valence-electron chi connectivity index (χ1n) is 7.14. The molecule has 1 aromatic carbocycles. The van der Waals surface area contributed by atoms with E-state index in [1.165, 1.54) is 0 Å². The van der Waals surface area contributed by atoms with E-state index in [0.717, 1.165) is 22.3 Å². The molecule has 1 aromatic heterocycles. The summed E-state index contributed by atoms with van der Waals surface area (Å²) in [7, 11) is 1.65. The first-order valence-corrected chi connectivity index (χ1v) is 7.14. The average molecular weight is 288 g/mol. The number of para-hydroxylation sites is 1. The second-order valence-corrected chi connectivity index (χ2v) is 5.47. The van der Waals surface area contributed by atoms with E-state index in [1.54, 1.807) is 7.11 Å². The first kappa shape index (κ1) is 14.3. The van der Waals surface area contributed by atoms with Crippen LogP contribution >= 0.6 is 0 Å². The van der Waals surface area contributed by atoms with Gasteiger partial charge in [0.1, 0.15) is 16.9 Å². The molecule has 5 heteroatoms. The Morgan fingerprint density at radius 3 is 3.05 bits per heavy atom. The van der Waals surface area contributed by atoms with Crippen molar-refractivity contribution in [3.63, 3.8) is 0 Å². The fourth-order valence-corrected chi connectivity index (χ4v) is 2.58. The summed E-state index contributed by atoms with van der Waals surface area (Å²) >= 11 is 0. The maximum absolute atomic E-state index is 10.2. The predicted octanol–water partition coefficient (Wildman–Crippen LogP) is 1.48. The van der Waals surface area contributed by atoms with Gasteiger partial charge in [-0.05, 0) is 12.1 Å². The summed E-state index contributed by atoms with van der Waals surface area (Å²) in [6, 6.07) is 9.90. The van der Waals surface area contributed by atoms with Gasteiger partial charge in [-0.3, -0.25) is 0 Å². The number of pyridine rings is 1. The van der Waals surface area contributed by atoms with Crippen molar-refractivity contribution in [2.24, 2.45) is 0 Å². The molecule has 0 amide bonds. The van der Waals surface area contributed by atoms with E-state index in [2.05, 4.69) is 10.3 Å². The van der Waals surface area contributed by atoms with Crippen molar-refractivity contribution < 1.29 is 14.6 Å². The summed E-state index contributed by atoms with van der Waals surface area (Å²) < 4.78 is 10.6. The van der Waals surface area contributed by atoms with Gasteiger partial charge in [0, 0.05) is 31.5 Å². The van der Waals surface area contributed by atoms with Crippen LogP contribution < -0.4 is 10.1 Å². The summed E-state index contributed by atoms with van der Waals surface area (Å²) in [6.07, 6.45) is 0.680. The van der Waals surface area contributed by atoms with Crippen LogP contribution in [0.5, 0.6) is 5.75 Å². The molecule has 0 bridgehead atoms. The second-order valence-electron chi connectivity index (χ2n) is 5.47. The van der Waals surface area contributed by atoms with Crippen LogP contribution in [0.4, 0.5) is 0 Å². The third-order valence-electron chi connectivity index (χ3n) is 3.80. The van der Waals surface area contributed by atoms with Crippen molar-refractivity contribution in [2.45, 2.75) is 18.6 Å². The third-order valence-corrected chi connectivity index (χ3v) is 3.80. The lowest BCUT2D eigenvalue weighted by atomic mass is 10.0. The highest BCUT2D eigenvalue weighted by Crippen LogP contribution is 2.23. The van der Waals surface area contributed by atoms with Crippen LogP contribution in [0.25, 0.3) is 10.9 Å². The van der Waals surface area contributed by atoms with Gasteiger partial charge in [0.2, 0.25) is 0 Å². The fraction of sp³-hybridized carbons (Fsp3) is 0.438. The van der Waals surface area contributed by atoms with E-state index in [9.17, 15) is 5.11 Å². The SMILES string of the molecule is COc1cccc2ccc(CNCC3(O)CCOC3)nc12. The van der Waals surface area contributed by atoms with Gasteiger partial charge in [0.25, 0.3) is 0 Å². The normalized spacial score (nSPS) is 21.8. The number of ether oxygens (including phenoxy) is 2. The molecule has 0 radical (unpaired) electrons. The maximum atomic E-state index is 10.2. The summed E-state index contributed by atoms with van der Waals surface area (Å²) in [5.41, 5.74) is 1.05. The van der Waals surface area contributed by atoms with Crippen molar-refractivity contribution >= 4 is 10.9 Å². The molecule has 1 atom stereocenters. The Kier molecular flexibility index (Phi) is 4.05. The van der Waals surface area contributed by atoms with Crippen molar-refractivity contribution in [3.8, 4) is 5.75 Å². The van der Waals surface area contributed by atoms with Crippen molar-refractivity contribution in [1.29, 1.82) is 0 Å². The fourth-order valence-electron chi connectivity index (χ4n) is 2.58. The van der Waals surface area contributed by atoms with Crippen molar-refractivity contribution in [1.82, 2.24) is 10.3 Å². The Balaban J connectivity index is 1.69. The zero-order chi connectivity index (χ0) is 14.7. The largest absolute Gasteiger partial charge is 0.494 e. The summed E-state index contributed by atoms with van der Waals surface area (Å²) in [6.45, 7) is 2.15. The Labute approximate surface area is 123 Å². The topological polar surface area (TPSA) is 63.6 Å². The number of nitrogens with zero attached hydrogens (tertiary/aromatic N) is 1. The summed E-state index contributed by atoms with van der Waals surface area (Å²) in [4.78, 5) is 4.63. The Bertz CT molecular complexity index is 624. The van der Waals surface area contributed by atoms with Crippen LogP contribution in [0.3, 0.4) is 0 Å². The number of fused-ring (bicyclic) bond motifs is 1. The zero-order valence-electron chi connectivity index (χ0n) is 12.1. The molecule has 1 aliphatic rings. The molecule has 2 N–H and O–H groups in total. The molecule has 1 unspecified atom stereocenters. The minimum atomic E-state index is -0.742. The molecule has 112 valence electrons. The van der Waals surface area contributed by atoms with Crippen LogP contribution in [0.1, 0.15) is 12.1 Å². The first-order chi connectivity index (χ1) is 10.2. The van der Waals surface area contributed by atoms with Gasteiger partial charge in [-0.25, -0.2) is 4.98 Å². The minimum absolute atomic E-state index is 0.402. The molecular formula is C16H20N2O3. The van der Waals surface area contributed by atoms with E-state index in [1.807, 2.05) is 30.3 Å². The molecule has 0 saturated carbocycles. The number of benzene rings is 1. The molecule has 1 aliphatic heterocycles. The number of hydrogen-bond acceptors (Lipinski definition) is 5. The van der Waals surface area contributed by atoms with Crippen molar-refractivity contribution in [2.75, 3.05) is 26.9 Å². The van der Waals surface area contributed by atoms with Crippen LogP contribution in [0.2, 0.25) is 0 Å². The summed E-state index contributed by atoms with van der Waals surface area (Å²) in [5, 5.41) is 14.5. The van der Waals surface area contributed by atoms with Gasteiger partial charge >= 0.3 is 0 Å². The van der Waals surface area contributed by atoms with Gasteiger partial charge in [-0.1, -0.05) is 18.2 Å². The lowest BCUT2D eigenvalue weighted by molar-refractivity contribution is 0.0268. The van der Waals surface area contributed by atoms with Crippen LogP contribution in [0, 0.1) is 0 Å². The molecule has 0 aliphatic carbocycles. The Hall–Kier alpha value is -1.69. The smallest absolute Gasteiger partial charge is 0.145 e. The highest BCUT2D eigenvalue weighted by atomic mass is 16.5. The molecule has 1 saturated heterocycles. The highest BCUT2D eigenvalue weighted by Gasteiger charge is 2.31. The molecule has 21 heavy (non-hydrogen) atoms. The Morgan fingerprint density at radius 1 is 1.38 bits per heavy atom. The van der Waals surface area contributed by atoms with E-state index >= 15 is 0 Å². The predicted molar refractivity (Wildman–Crippen MR) is 80.4 cm³/mol. The number of nitrogens with one attached hydrogen (secondary N) is 1. The van der Waals surface area contributed by atoms with Gasteiger partial charge in [0.15, 0.2) is 0 Å². The van der Waals surface area contributed by atoms with Crippen molar-refractivity contribution in [3.05, 3.63) is 36.0 Å². The van der Waals surface area contributed by atoms with E-state index in [-0.39, 0.29) is 0 Å². The molecule has 3 rings (SSSR count). The highest BCUT2D eigenvalue weighted by molar-refractivity contribution is 5.84. The molecular weight excluding hydrogens is 268 g/mol. The van der Waals surface area contributed by atoms with Gasteiger partial charge < -0.3 is 19.9 Å². The molecule has 5 nitrogen and oxygen atoms in total. The molecule has 2 heterocycles. The molecule has 2 aromatic rings. The summed E-state index contributed by atoms with van der Waals surface area (Å²) in [5.74, 6) is 0.775. The number of aromatic nitrogens is 1. The number of aliphatic hydroxyl groups is 1. The van der Waals surface area contributed by atoms with Gasteiger partial charge in [-0.15, -0.1) is 0 Å². The second kappa shape index (κ2) is 5.97.